The summed E-state index contributed by atoms with van der Waals surface area (Å²) < 4.78 is 27.2. The van der Waals surface area contributed by atoms with Gasteiger partial charge in [-0.3, -0.25) is 14.9 Å². The smallest absolute Gasteiger partial charge is 0.339 e. The van der Waals surface area contributed by atoms with E-state index in [1.807, 2.05) is 6.92 Å². The van der Waals surface area contributed by atoms with Crippen LogP contribution in [0.2, 0.25) is 0 Å². The van der Waals surface area contributed by atoms with Crippen LogP contribution in [0.3, 0.4) is 0 Å². The number of anilines is 1. The van der Waals surface area contributed by atoms with Crippen molar-refractivity contribution in [2.45, 2.75) is 33.8 Å². The summed E-state index contributed by atoms with van der Waals surface area (Å²) in [6, 6.07) is 6.66. The lowest BCUT2D eigenvalue weighted by Crippen LogP contribution is -2.30. The maximum Gasteiger partial charge on any atom is 0.339 e. The number of nitrogens with one attached hydrogen (secondary N) is 1. The Hall–Kier alpha value is -4.02. The predicted octanol–water partition coefficient (Wildman–Crippen LogP) is 3.98. The third kappa shape index (κ3) is 6.50. The van der Waals surface area contributed by atoms with E-state index in [1.165, 1.54) is 38.3 Å². The monoisotopic (exact) mass is 476 g/mol. The molecule has 0 saturated carbocycles. The Bertz CT molecular complexity index is 1010. The normalized spacial score (nSPS) is 11.2. The molecule has 34 heavy (non-hydrogen) atoms. The first-order chi connectivity index (χ1) is 16.2. The molecule has 1 amide bonds. The van der Waals surface area contributed by atoms with Crippen LogP contribution in [0.5, 0.6) is 23.0 Å². The number of amides is 1. The molecule has 0 aromatic heterocycles. The second-order valence-electron chi connectivity index (χ2n) is 6.78. The number of carbonyl (C=O) groups is 2. The van der Waals surface area contributed by atoms with Gasteiger partial charge in [-0.25, -0.2) is 4.79 Å². The molecule has 11 nitrogen and oxygen atoms in total. The highest BCUT2D eigenvalue weighted by atomic mass is 16.6. The van der Waals surface area contributed by atoms with Gasteiger partial charge < -0.3 is 29.0 Å². The number of esters is 1. The molecule has 0 bridgehead atoms. The summed E-state index contributed by atoms with van der Waals surface area (Å²) in [4.78, 5) is 35.9. The van der Waals surface area contributed by atoms with Gasteiger partial charge in [-0.2, -0.15) is 0 Å². The van der Waals surface area contributed by atoms with Crippen LogP contribution in [-0.4, -0.2) is 49.8 Å². The molecule has 1 N–H and O–H groups in total. The van der Waals surface area contributed by atoms with Crippen molar-refractivity contribution in [2.24, 2.45) is 0 Å². The second-order valence-corrected chi connectivity index (χ2v) is 6.78. The second kappa shape index (κ2) is 12.3. The van der Waals surface area contributed by atoms with Crippen LogP contribution in [0.4, 0.5) is 11.4 Å². The number of ether oxygens (including phenoxy) is 5. The van der Waals surface area contributed by atoms with Crippen molar-refractivity contribution in [3.63, 3.8) is 0 Å². The van der Waals surface area contributed by atoms with E-state index in [2.05, 4.69) is 5.32 Å². The highest BCUT2D eigenvalue weighted by Crippen LogP contribution is 2.39. The van der Waals surface area contributed by atoms with Gasteiger partial charge in [0, 0.05) is 12.1 Å². The minimum Gasteiger partial charge on any atom is -0.495 e. The summed E-state index contributed by atoms with van der Waals surface area (Å²) in [7, 11) is 1.36. The number of non-ortho nitro benzene ring substituents is 1. The number of rotatable bonds is 12. The summed E-state index contributed by atoms with van der Waals surface area (Å²) in [6.45, 7) is 7.78. The summed E-state index contributed by atoms with van der Waals surface area (Å²) in [5.41, 5.74) is -0.0621. The Morgan fingerprint density at radius 1 is 0.971 bits per heavy atom. The van der Waals surface area contributed by atoms with E-state index in [0.29, 0.717) is 37.1 Å². The molecule has 0 aliphatic rings. The molecule has 2 aromatic carbocycles. The fraction of sp³-hybridized carbons (Fsp3) is 0.391. The zero-order chi connectivity index (χ0) is 25.3. The zero-order valence-electron chi connectivity index (χ0n) is 19.7. The minimum absolute atomic E-state index is 0.0722. The molecular weight excluding hydrogens is 448 g/mol. The lowest BCUT2D eigenvalue weighted by molar-refractivity contribution is -0.384. The van der Waals surface area contributed by atoms with Gasteiger partial charge in [-0.1, -0.05) is 0 Å². The molecule has 11 heteroatoms. The number of benzene rings is 2. The summed E-state index contributed by atoms with van der Waals surface area (Å²) >= 11 is 0. The van der Waals surface area contributed by atoms with Gasteiger partial charge in [0.05, 0.1) is 43.1 Å². The Kier molecular flexibility index (Phi) is 9.48. The number of methoxy groups -OCH3 is 1. The highest BCUT2D eigenvalue weighted by Gasteiger charge is 2.24. The number of carbonyl (C=O) groups excluding carboxylic acids is 2. The van der Waals surface area contributed by atoms with Crippen LogP contribution in [0.25, 0.3) is 0 Å². The summed E-state index contributed by atoms with van der Waals surface area (Å²) in [5, 5.41) is 13.5. The largest absolute Gasteiger partial charge is 0.495 e. The Labute approximate surface area is 197 Å². The lowest BCUT2D eigenvalue weighted by Gasteiger charge is -2.18. The molecule has 0 radical (unpaired) electrons. The van der Waals surface area contributed by atoms with Crippen LogP contribution in [0.15, 0.2) is 30.3 Å². The van der Waals surface area contributed by atoms with Crippen LogP contribution in [0.1, 0.15) is 38.1 Å². The molecule has 0 spiro atoms. The SMILES string of the molecule is CCOc1cc(C(=O)O[C@@H](C)C(=O)Nc2cc([N+](=O)[O-])ccc2OC)cc(OCC)c1OCC. The molecule has 184 valence electrons. The van der Waals surface area contributed by atoms with Crippen molar-refractivity contribution in [2.75, 3.05) is 32.2 Å². The number of nitro benzene ring substituents is 1. The zero-order valence-corrected chi connectivity index (χ0v) is 19.7. The first-order valence-corrected chi connectivity index (χ1v) is 10.7. The standard InChI is InChI=1S/C23H28N2O9/c1-6-31-19-11-15(12-20(32-7-2)21(19)33-8-3)23(27)34-14(4)22(26)24-17-13-16(25(28)29)9-10-18(17)30-5/h9-14H,6-8H2,1-5H3,(H,24,26)/t14-/m0/s1. The number of hydrogen-bond acceptors (Lipinski definition) is 9. The molecule has 0 aliphatic heterocycles. The molecule has 0 aliphatic carbocycles. The van der Waals surface area contributed by atoms with E-state index < -0.39 is 22.9 Å². The van der Waals surface area contributed by atoms with Crippen molar-refractivity contribution in [3.8, 4) is 23.0 Å². The highest BCUT2D eigenvalue weighted by molar-refractivity contribution is 5.98. The average Bonchev–Trinajstić information content (AvgIpc) is 2.80. The molecule has 0 heterocycles. The molecule has 2 aromatic rings. The molecule has 2 rings (SSSR count). The Morgan fingerprint density at radius 2 is 1.56 bits per heavy atom. The van der Waals surface area contributed by atoms with E-state index in [1.54, 1.807) is 13.8 Å². The fourth-order valence-corrected chi connectivity index (χ4v) is 2.93. The Morgan fingerprint density at radius 3 is 2.06 bits per heavy atom. The van der Waals surface area contributed by atoms with E-state index >= 15 is 0 Å². The van der Waals surface area contributed by atoms with Crippen molar-refractivity contribution in [1.29, 1.82) is 0 Å². The van der Waals surface area contributed by atoms with Crippen LogP contribution in [-0.2, 0) is 9.53 Å². The topological polar surface area (TPSA) is 135 Å². The van der Waals surface area contributed by atoms with E-state index in [9.17, 15) is 19.7 Å². The first-order valence-electron chi connectivity index (χ1n) is 10.7. The maximum atomic E-state index is 12.8. The van der Waals surface area contributed by atoms with Gasteiger partial charge in [-0.05, 0) is 45.9 Å². The van der Waals surface area contributed by atoms with Crippen molar-refractivity contribution >= 4 is 23.3 Å². The van der Waals surface area contributed by atoms with E-state index in [4.69, 9.17) is 23.7 Å². The van der Waals surface area contributed by atoms with Gasteiger partial charge in [0.2, 0.25) is 5.75 Å². The van der Waals surface area contributed by atoms with Crippen molar-refractivity contribution in [1.82, 2.24) is 0 Å². The van der Waals surface area contributed by atoms with Crippen LogP contribution >= 0.6 is 0 Å². The van der Waals surface area contributed by atoms with E-state index in [0.717, 1.165) is 6.07 Å². The number of nitrogens with zero attached hydrogens (tertiary/aromatic N) is 1. The Balaban J connectivity index is 2.24. The maximum absolute atomic E-state index is 12.8. The molecule has 1 atom stereocenters. The average molecular weight is 476 g/mol. The number of nitro groups is 1. The molecule has 0 fully saturated rings. The molecular formula is C23H28N2O9. The van der Waals surface area contributed by atoms with E-state index in [-0.39, 0.29) is 22.7 Å². The van der Waals surface area contributed by atoms with Crippen LogP contribution < -0.4 is 24.3 Å². The lowest BCUT2D eigenvalue weighted by atomic mass is 10.1. The van der Waals surface area contributed by atoms with Gasteiger partial charge in [0.15, 0.2) is 17.6 Å². The van der Waals surface area contributed by atoms with Crippen molar-refractivity contribution in [3.05, 3.63) is 46.0 Å². The number of hydrogen-bond donors (Lipinski definition) is 1. The molecule has 0 saturated heterocycles. The van der Waals surface area contributed by atoms with Gasteiger partial charge >= 0.3 is 5.97 Å². The van der Waals surface area contributed by atoms with Crippen molar-refractivity contribution < 1.29 is 38.2 Å². The third-order valence-electron chi connectivity index (χ3n) is 4.45. The fourth-order valence-electron chi connectivity index (χ4n) is 2.93. The first kappa shape index (κ1) is 26.2. The predicted molar refractivity (Wildman–Crippen MR) is 123 cm³/mol. The minimum atomic E-state index is -1.23. The third-order valence-corrected chi connectivity index (χ3v) is 4.45. The van der Waals surface area contributed by atoms with Gasteiger partial charge in [-0.15, -0.1) is 0 Å². The van der Waals surface area contributed by atoms with Gasteiger partial charge in [0.25, 0.3) is 11.6 Å². The quantitative estimate of drug-likeness (QED) is 0.274. The summed E-state index contributed by atoms with van der Waals surface area (Å²) in [6.07, 6.45) is -1.23. The summed E-state index contributed by atoms with van der Waals surface area (Å²) in [5.74, 6) is -0.300. The van der Waals surface area contributed by atoms with Gasteiger partial charge in [0.1, 0.15) is 5.75 Å². The van der Waals surface area contributed by atoms with Crippen LogP contribution in [0, 0.1) is 10.1 Å². The molecule has 0 unspecified atom stereocenters.